The number of fused-ring (bicyclic) bond motifs is 1. The molecule has 2 aliphatic rings. The predicted octanol–water partition coefficient (Wildman–Crippen LogP) is 2.54. The summed E-state index contributed by atoms with van der Waals surface area (Å²) in [5.41, 5.74) is 3.97. The summed E-state index contributed by atoms with van der Waals surface area (Å²) in [5, 5.41) is 2.96. The molecule has 140 valence electrons. The van der Waals surface area contributed by atoms with Gasteiger partial charge in [0.15, 0.2) is 0 Å². The Kier molecular flexibility index (Phi) is 4.71. The third kappa shape index (κ3) is 3.47. The molecule has 2 amide bonds. The van der Waals surface area contributed by atoms with Crippen molar-refractivity contribution in [3.8, 4) is 5.75 Å². The number of nitrogens with one attached hydrogen (secondary N) is 1. The van der Waals surface area contributed by atoms with Gasteiger partial charge >= 0.3 is 0 Å². The molecule has 2 aromatic carbocycles. The molecule has 2 aliphatic heterocycles. The SMILES string of the molecule is COc1ccc(C(=O)N2CCN(c3cccc4c3CCC(=O)N4)CC2)cc1. The molecule has 0 atom stereocenters. The van der Waals surface area contributed by atoms with Crippen molar-refractivity contribution in [1.82, 2.24) is 4.90 Å². The second-order valence-electron chi connectivity index (χ2n) is 6.86. The number of amides is 2. The Morgan fingerprint density at radius 3 is 2.44 bits per heavy atom. The number of hydrogen-bond acceptors (Lipinski definition) is 4. The summed E-state index contributed by atoms with van der Waals surface area (Å²) in [6.07, 6.45) is 1.29. The Balaban J connectivity index is 1.44. The molecule has 6 nitrogen and oxygen atoms in total. The highest BCUT2D eigenvalue weighted by atomic mass is 16.5. The maximum atomic E-state index is 12.7. The van der Waals surface area contributed by atoms with Crippen LogP contribution in [0.25, 0.3) is 0 Å². The molecule has 1 fully saturated rings. The Labute approximate surface area is 158 Å². The summed E-state index contributed by atoms with van der Waals surface area (Å²) in [5.74, 6) is 0.881. The number of methoxy groups -OCH3 is 1. The fourth-order valence-electron chi connectivity index (χ4n) is 3.77. The number of carbonyl (C=O) groups is 2. The van der Waals surface area contributed by atoms with Gasteiger partial charge in [-0.3, -0.25) is 9.59 Å². The van der Waals surface area contributed by atoms with E-state index < -0.39 is 0 Å². The minimum atomic E-state index is 0.0552. The lowest BCUT2D eigenvalue weighted by atomic mass is 10.00. The summed E-state index contributed by atoms with van der Waals surface area (Å²) >= 11 is 0. The van der Waals surface area contributed by atoms with Gasteiger partial charge in [0.05, 0.1) is 7.11 Å². The van der Waals surface area contributed by atoms with Crippen LogP contribution in [0.3, 0.4) is 0 Å². The van der Waals surface area contributed by atoms with Crippen LogP contribution in [0.15, 0.2) is 42.5 Å². The van der Waals surface area contributed by atoms with Gasteiger partial charge in [-0.05, 0) is 48.4 Å². The molecule has 6 heteroatoms. The monoisotopic (exact) mass is 365 g/mol. The van der Waals surface area contributed by atoms with Gasteiger partial charge in [0.2, 0.25) is 5.91 Å². The fourth-order valence-corrected chi connectivity index (χ4v) is 3.77. The Morgan fingerprint density at radius 2 is 1.74 bits per heavy atom. The van der Waals surface area contributed by atoms with E-state index in [-0.39, 0.29) is 11.8 Å². The largest absolute Gasteiger partial charge is 0.497 e. The van der Waals surface area contributed by atoms with Crippen LogP contribution in [0.1, 0.15) is 22.3 Å². The molecular formula is C21H23N3O3. The molecule has 0 spiro atoms. The van der Waals surface area contributed by atoms with E-state index in [1.54, 1.807) is 7.11 Å². The summed E-state index contributed by atoms with van der Waals surface area (Å²) in [7, 11) is 1.61. The van der Waals surface area contributed by atoms with Crippen LogP contribution in [-0.2, 0) is 11.2 Å². The number of hydrogen-bond donors (Lipinski definition) is 1. The molecule has 2 aromatic rings. The summed E-state index contributed by atoms with van der Waals surface area (Å²) in [6, 6.07) is 13.3. The molecule has 27 heavy (non-hydrogen) atoms. The van der Waals surface area contributed by atoms with Gasteiger partial charge in [0.1, 0.15) is 5.75 Å². The van der Waals surface area contributed by atoms with E-state index in [9.17, 15) is 9.59 Å². The van der Waals surface area contributed by atoms with Gasteiger partial charge in [-0.15, -0.1) is 0 Å². The van der Waals surface area contributed by atoms with Gasteiger partial charge in [-0.2, -0.15) is 0 Å². The molecule has 0 aromatic heterocycles. The molecule has 4 rings (SSSR count). The zero-order chi connectivity index (χ0) is 18.8. The Bertz CT molecular complexity index is 855. The first kappa shape index (κ1) is 17.4. The highest BCUT2D eigenvalue weighted by molar-refractivity contribution is 5.96. The highest BCUT2D eigenvalue weighted by Crippen LogP contribution is 2.32. The van der Waals surface area contributed by atoms with Gasteiger partial charge < -0.3 is 19.9 Å². The van der Waals surface area contributed by atoms with Crippen LogP contribution in [0.2, 0.25) is 0 Å². The Hall–Kier alpha value is -3.02. The zero-order valence-electron chi connectivity index (χ0n) is 15.4. The van der Waals surface area contributed by atoms with E-state index in [1.165, 1.54) is 11.3 Å². The van der Waals surface area contributed by atoms with E-state index in [1.807, 2.05) is 41.3 Å². The third-order valence-corrected chi connectivity index (χ3v) is 5.27. The molecule has 2 heterocycles. The minimum absolute atomic E-state index is 0.0552. The number of ether oxygens (including phenoxy) is 1. The molecule has 0 unspecified atom stereocenters. The molecule has 0 bridgehead atoms. The smallest absolute Gasteiger partial charge is 0.253 e. The minimum Gasteiger partial charge on any atom is -0.497 e. The van der Waals surface area contributed by atoms with Crippen LogP contribution in [-0.4, -0.2) is 50.0 Å². The third-order valence-electron chi connectivity index (χ3n) is 5.27. The average molecular weight is 365 g/mol. The number of anilines is 2. The second-order valence-corrected chi connectivity index (χ2v) is 6.86. The topological polar surface area (TPSA) is 61.9 Å². The van der Waals surface area contributed by atoms with Crippen molar-refractivity contribution in [1.29, 1.82) is 0 Å². The first-order valence-corrected chi connectivity index (χ1v) is 9.26. The van der Waals surface area contributed by atoms with Crippen molar-refractivity contribution in [3.63, 3.8) is 0 Å². The van der Waals surface area contributed by atoms with Gasteiger partial charge in [0, 0.05) is 49.5 Å². The Morgan fingerprint density at radius 1 is 1.00 bits per heavy atom. The van der Waals surface area contributed by atoms with E-state index in [2.05, 4.69) is 16.3 Å². The first-order valence-electron chi connectivity index (χ1n) is 9.26. The predicted molar refractivity (Wildman–Crippen MR) is 105 cm³/mol. The quantitative estimate of drug-likeness (QED) is 0.908. The molecule has 0 radical (unpaired) electrons. The van der Waals surface area contributed by atoms with Crippen molar-refractivity contribution in [2.24, 2.45) is 0 Å². The lowest BCUT2D eigenvalue weighted by molar-refractivity contribution is -0.116. The first-order chi connectivity index (χ1) is 13.2. The second kappa shape index (κ2) is 7.31. The summed E-state index contributed by atoms with van der Waals surface area (Å²) < 4.78 is 5.15. The van der Waals surface area contributed by atoms with Crippen molar-refractivity contribution >= 4 is 23.2 Å². The van der Waals surface area contributed by atoms with Crippen LogP contribution in [0, 0.1) is 0 Å². The molecule has 0 saturated carbocycles. The van der Waals surface area contributed by atoms with Gasteiger partial charge in [-0.25, -0.2) is 0 Å². The maximum Gasteiger partial charge on any atom is 0.253 e. The number of benzene rings is 2. The number of carbonyl (C=O) groups excluding carboxylic acids is 2. The van der Waals surface area contributed by atoms with E-state index >= 15 is 0 Å². The van der Waals surface area contributed by atoms with E-state index in [4.69, 9.17) is 4.74 Å². The van der Waals surface area contributed by atoms with Crippen molar-refractivity contribution < 1.29 is 14.3 Å². The van der Waals surface area contributed by atoms with E-state index in [0.29, 0.717) is 25.1 Å². The molecule has 0 aliphatic carbocycles. The zero-order valence-corrected chi connectivity index (χ0v) is 15.4. The maximum absolute atomic E-state index is 12.7. The normalized spacial score (nSPS) is 16.6. The molecule has 1 saturated heterocycles. The van der Waals surface area contributed by atoms with Crippen molar-refractivity contribution in [3.05, 3.63) is 53.6 Å². The summed E-state index contributed by atoms with van der Waals surface area (Å²) in [4.78, 5) is 28.6. The van der Waals surface area contributed by atoms with Crippen LogP contribution < -0.4 is 15.0 Å². The van der Waals surface area contributed by atoms with Crippen LogP contribution >= 0.6 is 0 Å². The van der Waals surface area contributed by atoms with Crippen LogP contribution in [0.4, 0.5) is 11.4 Å². The van der Waals surface area contributed by atoms with E-state index in [0.717, 1.165) is 30.9 Å². The lowest BCUT2D eigenvalue weighted by Gasteiger charge is -2.38. The van der Waals surface area contributed by atoms with Crippen molar-refractivity contribution in [2.75, 3.05) is 43.5 Å². The lowest BCUT2D eigenvalue weighted by Crippen LogP contribution is -2.49. The van der Waals surface area contributed by atoms with Crippen molar-refractivity contribution in [2.45, 2.75) is 12.8 Å². The standard InChI is InChI=1S/C21H23N3O3/c1-27-16-7-5-15(6-8-16)21(26)24-13-11-23(12-14-24)19-4-2-3-18-17(19)9-10-20(25)22-18/h2-8H,9-14H2,1H3,(H,22,25). The molecular weight excluding hydrogens is 342 g/mol. The number of rotatable bonds is 3. The number of nitrogens with zero attached hydrogens (tertiary/aromatic N) is 2. The highest BCUT2D eigenvalue weighted by Gasteiger charge is 2.25. The fraction of sp³-hybridized carbons (Fsp3) is 0.333. The van der Waals surface area contributed by atoms with Gasteiger partial charge in [0.25, 0.3) is 5.91 Å². The number of piperazine rings is 1. The summed E-state index contributed by atoms with van der Waals surface area (Å²) in [6.45, 7) is 2.93. The average Bonchev–Trinajstić information content (AvgIpc) is 2.73. The van der Waals surface area contributed by atoms with Crippen LogP contribution in [0.5, 0.6) is 5.75 Å². The van der Waals surface area contributed by atoms with Gasteiger partial charge in [-0.1, -0.05) is 6.07 Å². The molecule has 1 N–H and O–H groups in total.